The van der Waals surface area contributed by atoms with E-state index in [4.69, 9.17) is 0 Å². The van der Waals surface area contributed by atoms with Crippen molar-refractivity contribution >= 4 is 39.1 Å². The third-order valence-electron chi connectivity index (χ3n) is 3.39. The summed E-state index contributed by atoms with van der Waals surface area (Å²) in [6, 6.07) is 1.88. The van der Waals surface area contributed by atoms with E-state index in [1.54, 1.807) is 6.20 Å². The van der Waals surface area contributed by atoms with Gasteiger partial charge in [-0.1, -0.05) is 0 Å². The molecule has 1 saturated heterocycles. The number of hydrogen-bond donors (Lipinski definition) is 0. The maximum absolute atomic E-state index is 13.3. The van der Waals surface area contributed by atoms with E-state index < -0.39 is 12.1 Å². The van der Waals surface area contributed by atoms with Crippen LogP contribution in [0.3, 0.4) is 0 Å². The minimum atomic E-state index is -0.796. The molecule has 0 radical (unpaired) electrons. The minimum Gasteiger partial charge on any atom is -0.465 e. The maximum atomic E-state index is 13.3. The molecule has 1 fully saturated rings. The van der Waals surface area contributed by atoms with Crippen molar-refractivity contribution in [3.63, 3.8) is 0 Å². The summed E-state index contributed by atoms with van der Waals surface area (Å²) in [5, 5.41) is 0.685. The lowest BCUT2D eigenvalue weighted by Crippen LogP contribution is -2.21. The predicted octanol–water partition coefficient (Wildman–Crippen LogP) is 3.30. The standard InChI is InChI=1S/C14H13BrFN3O2S/c1-21-14(20)11-6-18-13(22-11)8-4-10(15)12(17-5-8)19-3-2-9(16)7-19/h4-6,9H,2-3,7H2,1H3/t9-/m1/s1. The van der Waals surface area contributed by atoms with Crippen LogP contribution in [0.5, 0.6) is 0 Å². The summed E-state index contributed by atoms with van der Waals surface area (Å²) in [5.41, 5.74) is 0.798. The zero-order valence-corrected chi connectivity index (χ0v) is 14.2. The number of carbonyl (C=O) groups excluding carboxylic acids is 1. The van der Waals surface area contributed by atoms with E-state index in [0.29, 0.717) is 29.4 Å². The molecular weight excluding hydrogens is 373 g/mol. The Balaban J connectivity index is 1.85. The third kappa shape index (κ3) is 2.98. The molecule has 2 aromatic rings. The number of esters is 1. The average Bonchev–Trinajstić information content (AvgIpc) is 3.15. The van der Waals surface area contributed by atoms with Crippen molar-refractivity contribution in [1.82, 2.24) is 9.97 Å². The minimum absolute atomic E-state index is 0.370. The zero-order chi connectivity index (χ0) is 15.7. The first-order valence-corrected chi connectivity index (χ1v) is 8.28. The smallest absolute Gasteiger partial charge is 0.349 e. The summed E-state index contributed by atoms with van der Waals surface area (Å²) in [6.07, 6.45) is 2.91. The van der Waals surface area contributed by atoms with Crippen molar-refractivity contribution in [2.75, 3.05) is 25.1 Å². The molecule has 116 valence electrons. The van der Waals surface area contributed by atoms with Crippen molar-refractivity contribution in [3.8, 4) is 10.6 Å². The highest BCUT2D eigenvalue weighted by Gasteiger charge is 2.24. The number of alkyl halides is 1. The van der Waals surface area contributed by atoms with Gasteiger partial charge in [0, 0.05) is 18.3 Å². The summed E-state index contributed by atoms with van der Waals surface area (Å²) in [5.74, 6) is 0.326. The van der Waals surface area contributed by atoms with Gasteiger partial charge in [-0.15, -0.1) is 11.3 Å². The van der Waals surface area contributed by atoms with Crippen LogP contribution in [0.25, 0.3) is 10.6 Å². The van der Waals surface area contributed by atoms with Gasteiger partial charge in [0.15, 0.2) is 0 Å². The van der Waals surface area contributed by atoms with Gasteiger partial charge in [0.1, 0.15) is 21.9 Å². The number of rotatable bonds is 3. The number of hydrogen-bond acceptors (Lipinski definition) is 6. The molecule has 0 N–H and O–H groups in total. The number of thiazole rings is 1. The van der Waals surface area contributed by atoms with Crippen LogP contribution in [0.1, 0.15) is 16.1 Å². The normalized spacial score (nSPS) is 17.8. The van der Waals surface area contributed by atoms with E-state index >= 15 is 0 Å². The van der Waals surface area contributed by atoms with E-state index in [1.807, 2.05) is 11.0 Å². The lowest BCUT2D eigenvalue weighted by atomic mass is 10.3. The van der Waals surface area contributed by atoms with Crippen molar-refractivity contribution in [2.45, 2.75) is 12.6 Å². The molecule has 1 aliphatic heterocycles. The lowest BCUT2D eigenvalue weighted by molar-refractivity contribution is 0.0606. The number of methoxy groups -OCH3 is 1. The first kappa shape index (κ1) is 15.4. The highest BCUT2D eigenvalue weighted by molar-refractivity contribution is 9.10. The largest absolute Gasteiger partial charge is 0.465 e. The molecule has 5 nitrogen and oxygen atoms in total. The quantitative estimate of drug-likeness (QED) is 0.758. The molecule has 0 aromatic carbocycles. The van der Waals surface area contributed by atoms with E-state index in [-0.39, 0.29) is 0 Å². The highest BCUT2D eigenvalue weighted by atomic mass is 79.9. The van der Waals surface area contributed by atoms with Crippen molar-refractivity contribution in [1.29, 1.82) is 0 Å². The Morgan fingerprint density at radius 1 is 1.50 bits per heavy atom. The van der Waals surface area contributed by atoms with Gasteiger partial charge >= 0.3 is 5.97 Å². The number of nitrogens with zero attached hydrogens (tertiary/aromatic N) is 3. The summed E-state index contributed by atoms with van der Waals surface area (Å²) >= 11 is 4.73. The summed E-state index contributed by atoms with van der Waals surface area (Å²) in [6.45, 7) is 1.03. The molecule has 3 rings (SSSR count). The van der Waals surface area contributed by atoms with Gasteiger partial charge in [0.2, 0.25) is 0 Å². The number of pyridine rings is 1. The number of anilines is 1. The topological polar surface area (TPSA) is 55.3 Å². The van der Waals surface area contributed by atoms with Crippen LogP contribution in [-0.4, -0.2) is 42.3 Å². The molecule has 0 amide bonds. The molecule has 0 unspecified atom stereocenters. The average molecular weight is 386 g/mol. The van der Waals surface area contributed by atoms with Gasteiger partial charge in [-0.25, -0.2) is 19.2 Å². The molecule has 0 spiro atoms. The molecular formula is C14H13BrFN3O2S. The van der Waals surface area contributed by atoms with Gasteiger partial charge in [-0.05, 0) is 28.4 Å². The van der Waals surface area contributed by atoms with Crippen molar-refractivity contribution in [2.24, 2.45) is 0 Å². The second-order valence-corrected chi connectivity index (χ2v) is 6.77. The summed E-state index contributed by atoms with van der Waals surface area (Å²) in [4.78, 5) is 22.5. The Bertz CT molecular complexity index is 709. The molecule has 3 heterocycles. The van der Waals surface area contributed by atoms with Gasteiger partial charge in [0.25, 0.3) is 0 Å². The monoisotopic (exact) mass is 385 g/mol. The van der Waals surface area contributed by atoms with E-state index in [9.17, 15) is 9.18 Å². The van der Waals surface area contributed by atoms with E-state index in [2.05, 4.69) is 30.6 Å². The van der Waals surface area contributed by atoms with Crippen LogP contribution in [0.4, 0.5) is 10.2 Å². The van der Waals surface area contributed by atoms with E-state index in [0.717, 1.165) is 15.9 Å². The molecule has 0 bridgehead atoms. The van der Waals surface area contributed by atoms with Gasteiger partial charge in [0.05, 0.1) is 24.3 Å². The van der Waals surface area contributed by atoms with Crippen LogP contribution in [-0.2, 0) is 4.74 Å². The first-order chi connectivity index (χ1) is 10.6. The van der Waals surface area contributed by atoms with Crippen molar-refractivity contribution < 1.29 is 13.9 Å². The number of aromatic nitrogens is 2. The number of ether oxygens (including phenoxy) is 1. The van der Waals surface area contributed by atoms with Crippen molar-refractivity contribution in [3.05, 3.63) is 27.8 Å². The molecule has 1 aliphatic rings. The van der Waals surface area contributed by atoms with Crippen LogP contribution in [0, 0.1) is 0 Å². The molecule has 8 heteroatoms. The molecule has 0 aliphatic carbocycles. The Morgan fingerprint density at radius 3 is 2.95 bits per heavy atom. The molecule has 22 heavy (non-hydrogen) atoms. The lowest BCUT2D eigenvalue weighted by Gasteiger charge is -2.18. The van der Waals surface area contributed by atoms with Crippen LogP contribution >= 0.6 is 27.3 Å². The highest BCUT2D eigenvalue weighted by Crippen LogP contribution is 2.33. The predicted molar refractivity (Wildman–Crippen MR) is 86.1 cm³/mol. The van der Waals surface area contributed by atoms with Gasteiger partial charge < -0.3 is 9.64 Å². The number of carbonyl (C=O) groups is 1. The Morgan fingerprint density at radius 2 is 2.32 bits per heavy atom. The Labute approximate surface area is 139 Å². The first-order valence-electron chi connectivity index (χ1n) is 6.67. The summed E-state index contributed by atoms with van der Waals surface area (Å²) in [7, 11) is 1.34. The van der Waals surface area contributed by atoms with Gasteiger partial charge in [-0.2, -0.15) is 0 Å². The fourth-order valence-corrected chi connectivity index (χ4v) is 3.71. The molecule has 1 atom stereocenters. The SMILES string of the molecule is COC(=O)c1cnc(-c2cnc(N3CC[C@@H](F)C3)c(Br)c2)s1. The fourth-order valence-electron chi connectivity index (χ4n) is 2.29. The van der Waals surface area contributed by atoms with Crippen LogP contribution in [0.15, 0.2) is 22.9 Å². The second-order valence-electron chi connectivity index (χ2n) is 4.88. The van der Waals surface area contributed by atoms with E-state index in [1.165, 1.54) is 24.6 Å². The van der Waals surface area contributed by atoms with Crippen LogP contribution < -0.4 is 4.90 Å². The maximum Gasteiger partial charge on any atom is 0.349 e. The van der Waals surface area contributed by atoms with Crippen LogP contribution in [0.2, 0.25) is 0 Å². The fraction of sp³-hybridized carbons (Fsp3) is 0.357. The Kier molecular flexibility index (Phi) is 4.39. The Hall–Kier alpha value is -1.54. The molecule has 0 saturated carbocycles. The number of halogens is 2. The summed E-state index contributed by atoms with van der Waals surface area (Å²) < 4.78 is 18.8. The third-order valence-corrected chi connectivity index (χ3v) is 5.00. The molecule has 2 aromatic heterocycles. The van der Waals surface area contributed by atoms with Gasteiger partial charge in [-0.3, -0.25) is 0 Å². The zero-order valence-electron chi connectivity index (χ0n) is 11.8. The second kappa shape index (κ2) is 6.29.